The monoisotopic (exact) mass is 314 g/mol. The molecule has 0 radical (unpaired) electrons. The van der Waals surface area contributed by atoms with Gasteiger partial charge in [-0.3, -0.25) is 0 Å². The predicted octanol–water partition coefficient (Wildman–Crippen LogP) is 2.33. The van der Waals surface area contributed by atoms with Crippen LogP contribution in [0.15, 0.2) is 9.31 Å². The van der Waals surface area contributed by atoms with Crippen molar-refractivity contribution in [2.75, 3.05) is 7.05 Å². The Morgan fingerprint density at radius 1 is 1.19 bits per heavy atom. The zero-order valence-electron chi connectivity index (χ0n) is 13.5. The van der Waals surface area contributed by atoms with Gasteiger partial charge in [0.05, 0.1) is 0 Å². The fourth-order valence-corrected chi connectivity index (χ4v) is 5.04. The molecule has 2 N–H and O–H groups in total. The van der Waals surface area contributed by atoms with Crippen molar-refractivity contribution in [1.29, 1.82) is 0 Å². The van der Waals surface area contributed by atoms with Crippen molar-refractivity contribution in [1.82, 2.24) is 10.0 Å². The van der Waals surface area contributed by atoms with Gasteiger partial charge in [0.2, 0.25) is 10.0 Å². The lowest BCUT2D eigenvalue weighted by molar-refractivity contribution is 0.401. The SMILES string of the molecule is CNCc1c(C)oc(C)c1S(=O)(=O)NC1CCC(C)C1C. The minimum absolute atomic E-state index is 0.0158. The lowest BCUT2D eigenvalue weighted by atomic mass is 9.98. The highest BCUT2D eigenvalue weighted by Crippen LogP contribution is 2.33. The Hall–Kier alpha value is -0.850. The summed E-state index contributed by atoms with van der Waals surface area (Å²) in [5.41, 5.74) is 0.723. The highest BCUT2D eigenvalue weighted by atomic mass is 32.2. The fourth-order valence-electron chi connectivity index (χ4n) is 3.23. The molecule has 1 saturated carbocycles. The molecule has 0 amide bonds. The maximum absolute atomic E-state index is 12.8. The first kappa shape index (κ1) is 16.5. The van der Waals surface area contributed by atoms with Crippen LogP contribution < -0.4 is 10.0 Å². The first-order chi connectivity index (χ1) is 9.77. The zero-order chi connectivity index (χ0) is 15.8. The van der Waals surface area contributed by atoms with Crippen LogP contribution in [0.4, 0.5) is 0 Å². The summed E-state index contributed by atoms with van der Waals surface area (Å²) in [4.78, 5) is 0.307. The molecule has 0 spiro atoms. The average Bonchev–Trinajstić information content (AvgIpc) is 2.84. The predicted molar refractivity (Wildman–Crippen MR) is 82.6 cm³/mol. The van der Waals surface area contributed by atoms with Gasteiger partial charge in [0.1, 0.15) is 16.4 Å². The van der Waals surface area contributed by atoms with E-state index in [0.29, 0.717) is 34.8 Å². The van der Waals surface area contributed by atoms with Gasteiger partial charge in [-0.1, -0.05) is 13.8 Å². The molecule has 3 unspecified atom stereocenters. The van der Waals surface area contributed by atoms with Crippen molar-refractivity contribution in [3.63, 3.8) is 0 Å². The first-order valence-corrected chi connectivity index (χ1v) is 9.02. The number of hydrogen-bond acceptors (Lipinski definition) is 4. The van der Waals surface area contributed by atoms with Crippen LogP contribution in [0.2, 0.25) is 0 Å². The Morgan fingerprint density at radius 3 is 2.38 bits per heavy atom. The Morgan fingerprint density at radius 2 is 1.86 bits per heavy atom. The maximum Gasteiger partial charge on any atom is 0.244 e. The molecule has 0 aromatic carbocycles. The Bertz CT molecular complexity index is 607. The van der Waals surface area contributed by atoms with Crippen LogP contribution in [0.5, 0.6) is 0 Å². The molecular weight excluding hydrogens is 288 g/mol. The van der Waals surface area contributed by atoms with Crippen molar-refractivity contribution in [2.45, 2.75) is 58.0 Å². The van der Waals surface area contributed by atoms with E-state index in [2.05, 4.69) is 23.9 Å². The van der Waals surface area contributed by atoms with Crippen molar-refractivity contribution in [2.24, 2.45) is 11.8 Å². The number of sulfonamides is 1. The van der Waals surface area contributed by atoms with Gasteiger partial charge in [-0.2, -0.15) is 0 Å². The Balaban J connectivity index is 2.32. The van der Waals surface area contributed by atoms with E-state index >= 15 is 0 Å². The lowest BCUT2D eigenvalue weighted by Crippen LogP contribution is -2.37. The van der Waals surface area contributed by atoms with Gasteiger partial charge in [0, 0.05) is 18.2 Å². The van der Waals surface area contributed by atoms with Crippen LogP contribution in [-0.4, -0.2) is 21.5 Å². The normalized spacial score (nSPS) is 26.4. The van der Waals surface area contributed by atoms with Gasteiger partial charge in [-0.05, 0) is 45.6 Å². The second-order valence-corrected chi connectivity index (χ2v) is 7.84. The van der Waals surface area contributed by atoms with Crippen molar-refractivity contribution < 1.29 is 12.8 Å². The van der Waals surface area contributed by atoms with E-state index in [9.17, 15) is 8.42 Å². The van der Waals surface area contributed by atoms with E-state index in [4.69, 9.17) is 4.42 Å². The summed E-state index contributed by atoms with van der Waals surface area (Å²) >= 11 is 0. The third kappa shape index (κ3) is 3.17. The van der Waals surface area contributed by atoms with E-state index < -0.39 is 10.0 Å². The van der Waals surface area contributed by atoms with Crippen LogP contribution in [0.1, 0.15) is 43.8 Å². The minimum Gasteiger partial charge on any atom is -0.465 e. The molecule has 1 aromatic heterocycles. The van der Waals surface area contributed by atoms with E-state index in [0.717, 1.165) is 18.4 Å². The van der Waals surface area contributed by atoms with Gasteiger partial charge < -0.3 is 9.73 Å². The molecule has 0 saturated heterocycles. The van der Waals surface area contributed by atoms with Gasteiger partial charge in [-0.25, -0.2) is 13.1 Å². The van der Waals surface area contributed by atoms with Gasteiger partial charge in [-0.15, -0.1) is 0 Å². The Labute approximate surface area is 127 Å². The van der Waals surface area contributed by atoms with Crippen LogP contribution in [0, 0.1) is 25.7 Å². The average molecular weight is 314 g/mol. The van der Waals surface area contributed by atoms with Gasteiger partial charge in [0.15, 0.2) is 0 Å². The number of hydrogen-bond donors (Lipinski definition) is 2. The van der Waals surface area contributed by atoms with Crippen LogP contribution >= 0.6 is 0 Å². The Kier molecular flexibility index (Phi) is 4.80. The quantitative estimate of drug-likeness (QED) is 0.875. The highest BCUT2D eigenvalue weighted by Gasteiger charge is 2.35. The number of furan rings is 1. The lowest BCUT2D eigenvalue weighted by Gasteiger charge is -2.20. The molecular formula is C15H26N2O3S. The molecule has 1 aliphatic rings. The highest BCUT2D eigenvalue weighted by molar-refractivity contribution is 7.89. The van der Waals surface area contributed by atoms with Crippen LogP contribution in [0.25, 0.3) is 0 Å². The minimum atomic E-state index is -3.55. The van der Waals surface area contributed by atoms with Crippen LogP contribution in [0.3, 0.4) is 0 Å². The largest absolute Gasteiger partial charge is 0.465 e. The number of aryl methyl sites for hydroxylation is 2. The van der Waals surface area contributed by atoms with E-state index in [1.165, 1.54) is 0 Å². The second kappa shape index (κ2) is 6.10. The van der Waals surface area contributed by atoms with E-state index in [1.54, 1.807) is 20.9 Å². The summed E-state index contributed by atoms with van der Waals surface area (Å²) < 4.78 is 34.0. The van der Waals surface area contributed by atoms with E-state index in [1.807, 2.05) is 0 Å². The van der Waals surface area contributed by atoms with Crippen LogP contribution in [-0.2, 0) is 16.6 Å². The smallest absolute Gasteiger partial charge is 0.244 e. The summed E-state index contributed by atoms with van der Waals surface area (Å²) in [5.74, 6) is 2.04. The molecule has 1 fully saturated rings. The van der Waals surface area contributed by atoms with Crippen molar-refractivity contribution in [3.8, 4) is 0 Å². The molecule has 1 aromatic rings. The van der Waals surface area contributed by atoms with Gasteiger partial charge in [0.25, 0.3) is 0 Å². The topological polar surface area (TPSA) is 71.3 Å². The number of nitrogens with one attached hydrogen (secondary N) is 2. The van der Waals surface area contributed by atoms with E-state index in [-0.39, 0.29) is 6.04 Å². The molecule has 1 heterocycles. The first-order valence-electron chi connectivity index (χ1n) is 7.53. The summed E-state index contributed by atoms with van der Waals surface area (Å²) in [6, 6.07) is 0.0158. The summed E-state index contributed by atoms with van der Waals surface area (Å²) in [6.45, 7) is 8.29. The third-order valence-corrected chi connectivity index (χ3v) is 6.40. The molecule has 5 nitrogen and oxygen atoms in total. The van der Waals surface area contributed by atoms with Crippen molar-refractivity contribution in [3.05, 3.63) is 17.1 Å². The molecule has 0 aliphatic heterocycles. The zero-order valence-corrected chi connectivity index (χ0v) is 14.3. The standard InChI is InChI=1S/C15H26N2O3S/c1-9-6-7-14(10(9)2)17-21(18,19)15-12(4)20-11(3)13(15)8-16-5/h9-10,14,16-17H,6-8H2,1-5H3. The van der Waals surface area contributed by atoms with Gasteiger partial charge >= 0.3 is 0 Å². The molecule has 0 bridgehead atoms. The molecule has 1 aliphatic carbocycles. The molecule has 6 heteroatoms. The summed E-state index contributed by atoms with van der Waals surface area (Å²) in [5, 5.41) is 3.01. The second-order valence-electron chi connectivity index (χ2n) is 6.19. The molecule has 21 heavy (non-hydrogen) atoms. The summed E-state index contributed by atoms with van der Waals surface area (Å²) in [7, 11) is -1.75. The van der Waals surface area contributed by atoms with Crippen molar-refractivity contribution >= 4 is 10.0 Å². The summed E-state index contributed by atoms with van der Waals surface area (Å²) in [6.07, 6.45) is 1.97. The fraction of sp³-hybridized carbons (Fsp3) is 0.733. The molecule has 3 atom stereocenters. The molecule has 120 valence electrons. The maximum atomic E-state index is 12.8. The molecule has 2 rings (SSSR count). The third-order valence-electron chi connectivity index (χ3n) is 4.72. The number of rotatable bonds is 5.